The Morgan fingerprint density at radius 2 is 2.17 bits per heavy atom. The molecule has 0 aliphatic carbocycles. The Kier molecular flexibility index (Phi) is 2.84. The molecule has 0 saturated carbocycles. The fourth-order valence-corrected chi connectivity index (χ4v) is 2.20. The first kappa shape index (κ1) is 11.0. The molecule has 0 radical (unpaired) electrons. The molecular weight excluding hydrogens is 226 g/mol. The van der Waals surface area contributed by atoms with Gasteiger partial charge in [-0.15, -0.1) is 0 Å². The molecule has 0 fully saturated rings. The maximum Gasteiger partial charge on any atom is 0.130 e. The Morgan fingerprint density at radius 1 is 1.28 bits per heavy atom. The quantitative estimate of drug-likeness (QED) is 0.878. The highest BCUT2D eigenvalue weighted by Gasteiger charge is 2.20. The number of fused-ring (bicyclic) bond motifs is 1. The second-order valence-corrected chi connectivity index (χ2v) is 4.42. The van der Waals surface area contributed by atoms with Gasteiger partial charge in [0, 0.05) is 23.7 Å². The summed E-state index contributed by atoms with van der Waals surface area (Å²) in [6.07, 6.45) is 2.53. The summed E-state index contributed by atoms with van der Waals surface area (Å²) in [5.41, 5.74) is 2.16. The SMILES string of the molecule is Cc1cc(NC2CCOc3ccccc32)ncn1. The summed E-state index contributed by atoms with van der Waals surface area (Å²) in [7, 11) is 0. The summed E-state index contributed by atoms with van der Waals surface area (Å²) in [4.78, 5) is 8.34. The van der Waals surface area contributed by atoms with Gasteiger partial charge in [0.15, 0.2) is 0 Å². The van der Waals surface area contributed by atoms with E-state index in [1.54, 1.807) is 6.33 Å². The lowest BCUT2D eigenvalue weighted by atomic mass is 10.0. The van der Waals surface area contributed by atoms with Crippen molar-refractivity contribution in [2.75, 3.05) is 11.9 Å². The number of aromatic nitrogens is 2. The first-order chi connectivity index (χ1) is 8.83. The first-order valence-corrected chi connectivity index (χ1v) is 6.10. The zero-order valence-corrected chi connectivity index (χ0v) is 10.3. The van der Waals surface area contributed by atoms with Crippen LogP contribution in [0.3, 0.4) is 0 Å². The van der Waals surface area contributed by atoms with Crippen LogP contribution in [0.25, 0.3) is 0 Å². The number of nitrogens with one attached hydrogen (secondary N) is 1. The van der Waals surface area contributed by atoms with Crippen LogP contribution in [0.4, 0.5) is 5.82 Å². The normalized spacial score (nSPS) is 17.7. The van der Waals surface area contributed by atoms with Gasteiger partial charge in [-0.1, -0.05) is 18.2 Å². The maximum atomic E-state index is 5.64. The molecule has 1 unspecified atom stereocenters. The highest BCUT2D eigenvalue weighted by atomic mass is 16.5. The van der Waals surface area contributed by atoms with E-state index < -0.39 is 0 Å². The lowest BCUT2D eigenvalue weighted by molar-refractivity contribution is 0.274. The van der Waals surface area contributed by atoms with Crippen molar-refractivity contribution in [1.29, 1.82) is 0 Å². The van der Waals surface area contributed by atoms with Gasteiger partial charge in [0.1, 0.15) is 17.9 Å². The van der Waals surface area contributed by atoms with Gasteiger partial charge in [-0.05, 0) is 13.0 Å². The highest BCUT2D eigenvalue weighted by molar-refractivity contribution is 5.44. The minimum absolute atomic E-state index is 0.254. The van der Waals surface area contributed by atoms with Gasteiger partial charge in [-0.25, -0.2) is 9.97 Å². The van der Waals surface area contributed by atoms with Crippen LogP contribution >= 0.6 is 0 Å². The molecule has 0 amide bonds. The monoisotopic (exact) mass is 241 g/mol. The molecule has 1 aromatic carbocycles. The van der Waals surface area contributed by atoms with Gasteiger partial charge in [0.25, 0.3) is 0 Å². The van der Waals surface area contributed by atoms with Crippen molar-refractivity contribution in [3.8, 4) is 5.75 Å². The fourth-order valence-electron chi connectivity index (χ4n) is 2.20. The first-order valence-electron chi connectivity index (χ1n) is 6.10. The number of aryl methyl sites for hydroxylation is 1. The average molecular weight is 241 g/mol. The molecule has 1 aromatic heterocycles. The van der Waals surface area contributed by atoms with Crippen LogP contribution in [0.2, 0.25) is 0 Å². The molecule has 18 heavy (non-hydrogen) atoms. The van der Waals surface area contributed by atoms with Gasteiger partial charge in [0.05, 0.1) is 12.6 Å². The van der Waals surface area contributed by atoms with Crippen molar-refractivity contribution in [1.82, 2.24) is 9.97 Å². The Labute approximate surface area is 106 Å². The van der Waals surface area contributed by atoms with Gasteiger partial charge in [-0.2, -0.15) is 0 Å². The van der Waals surface area contributed by atoms with Crippen molar-refractivity contribution < 1.29 is 4.74 Å². The molecule has 2 aromatic rings. The minimum atomic E-state index is 0.254. The van der Waals surface area contributed by atoms with E-state index in [0.29, 0.717) is 0 Å². The molecule has 0 saturated heterocycles. The molecule has 92 valence electrons. The van der Waals surface area contributed by atoms with Crippen molar-refractivity contribution in [2.24, 2.45) is 0 Å². The van der Waals surface area contributed by atoms with E-state index in [-0.39, 0.29) is 6.04 Å². The Bertz CT molecular complexity index is 556. The average Bonchev–Trinajstić information content (AvgIpc) is 2.39. The number of benzene rings is 1. The molecule has 0 bridgehead atoms. The number of anilines is 1. The van der Waals surface area contributed by atoms with Crippen molar-refractivity contribution in [3.63, 3.8) is 0 Å². The Balaban J connectivity index is 1.86. The summed E-state index contributed by atoms with van der Waals surface area (Å²) in [5.74, 6) is 1.83. The fraction of sp³-hybridized carbons (Fsp3) is 0.286. The summed E-state index contributed by atoms with van der Waals surface area (Å²) in [5, 5.41) is 3.45. The molecule has 3 rings (SSSR count). The molecule has 2 heterocycles. The zero-order valence-electron chi connectivity index (χ0n) is 10.3. The topological polar surface area (TPSA) is 47.0 Å². The summed E-state index contributed by atoms with van der Waals surface area (Å²) in [6.45, 7) is 2.70. The summed E-state index contributed by atoms with van der Waals surface area (Å²) in [6, 6.07) is 10.3. The van der Waals surface area contributed by atoms with Crippen LogP contribution in [-0.4, -0.2) is 16.6 Å². The predicted octanol–water partition coefficient (Wildman–Crippen LogP) is 2.72. The number of para-hydroxylation sites is 1. The molecule has 1 aliphatic heterocycles. The number of rotatable bonds is 2. The predicted molar refractivity (Wildman–Crippen MR) is 69.7 cm³/mol. The zero-order chi connectivity index (χ0) is 12.4. The van der Waals surface area contributed by atoms with Gasteiger partial charge < -0.3 is 10.1 Å². The second-order valence-electron chi connectivity index (χ2n) is 4.42. The van der Waals surface area contributed by atoms with Gasteiger partial charge >= 0.3 is 0 Å². The Morgan fingerprint density at radius 3 is 3.06 bits per heavy atom. The van der Waals surface area contributed by atoms with E-state index in [1.807, 2.05) is 31.2 Å². The minimum Gasteiger partial charge on any atom is -0.493 e. The van der Waals surface area contributed by atoms with Gasteiger partial charge in [0.2, 0.25) is 0 Å². The van der Waals surface area contributed by atoms with E-state index in [2.05, 4.69) is 21.4 Å². The van der Waals surface area contributed by atoms with Crippen LogP contribution in [0.15, 0.2) is 36.7 Å². The van der Waals surface area contributed by atoms with Crippen LogP contribution in [0.1, 0.15) is 23.7 Å². The van der Waals surface area contributed by atoms with E-state index in [0.717, 1.165) is 30.3 Å². The van der Waals surface area contributed by atoms with Crippen LogP contribution in [0.5, 0.6) is 5.75 Å². The van der Waals surface area contributed by atoms with Crippen molar-refractivity contribution in [3.05, 3.63) is 47.9 Å². The molecule has 1 atom stereocenters. The third-order valence-electron chi connectivity index (χ3n) is 3.08. The number of hydrogen-bond acceptors (Lipinski definition) is 4. The number of nitrogens with zero attached hydrogens (tertiary/aromatic N) is 2. The standard InChI is InChI=1S/C14H15N3O/c1-10-8-14(16-9-15-10)17-12-6-7-18-13-5-3-2-4-11(12)13/h2-5,8-9,12H,6-7H2,1H3,(H,15,16,17). The molecule has 4 nitrogen and oxygen atoms in total. The number of ether oxygens (including phenoxy) is 1. The molecule has 1 aliphatic rings. The van der Waals surface area contributed by atoms with Crippen LogP contribution in [-0.2, 0) is 0 Å². The highest BCUT2D eigenvalue weighted by Crippen LogP contribution is 2.33. The lowest BCUT2D eigenvalue weighted by Gasteiger charge is -2.27. The van der Waals surface area contributed by atoms with Crippen molar-refractivity contribution >= 4 is 5.82 Å². The third-order valence-corrected chi connectivity index (χ3v) is 3.08. The van der Waals surface area contributed by atoms with Crippen LogP contribution in [0, 0.1) is 6.92 Å². The molecular formula is C14H15N3O. The van der Waals surface area contributed by atoms with E-state index in [1.165, 1.54) is 5.56 Å². The Hall–Kier alpha value is -2.10. The summed E-state index contributed by atoms with van der Waals surface area (Å²) < 4.78 is 5.64. The largest absolute Gasteiger partial charge is 0.493 e. The second kappa shape index (κ2) is 4.64. The lowest BCUT2D eigenvalue weighted by Crippen LogP contribution is -2.20. The third kappa shape index (κ3) is 2.14. The van der Waals surface area contributed by atoms with Crippen LogP contribution < -0.4 is 10.1 Å². The maximum absolute atomic E-state index is 5.64. The number of hydrogen-bond donors (Lipinski definition) is 1. The molecule has 4 heteroatoms. The van der Waals surface area contributed by atoms with Gasteiger partial charge in [-0.3, -0.25) is 0 Å². The van der Waals surface area contributed by atoms with E-state index in [9.17, 15) is 0 Å². The van der Waals surface area contributed by atoms with E-state index in [4.69, 9.17) is 4.74 Å². The summed E-state index contributed by atoms with van der Waals surface area (Å²) >= 11 is 0. The van der Waals surface area contributed by atoms with Crippen molar-refractivity contribution in [2.45, 2.75) is 19.4 Å². The van der Waals surface area contributed by atoms with E-state index >= 15 is 0 Å². The molecule has 1 N–H and O–H groups in total. The smallest absolute Gasteiger partial charge is 0.130 e. The molecule has 0 spiro atoms.